The van der Waals surface area contributed by atoms with Gasteiger partial charge in [0.25, 0.3) is 11.8 Å². The van der Waals surface area contributed by atoms with E-state index in [4.69, 9.17) is 14.2 Å². The van der Waals surface area contributed by atoms with E-state index in [1.165, 1.54) is 19.3 Å². The molecule has 1 fully saturated rings. The SMILES string of the molecule is COC(=O)c1cccc(-n2c(C)cc(/C=C3\C(=O)NC(=O)N(c4ccc5c(c4)OCO5)C3=O)c2C)c1C. The first-order valence-electron chi connectivity index (χ1n) is 11.4. The largest absolute Gasteiger partial charge is 0.465 e. The molecule has 4 amide bonds. The van der Waals surface area contributed by atoms with Gasteiger partial charge in [-0.2, -0.15) is 0 Å². The number of benzene rings is 2. The first kappa shape index (κ1) is 23.9. The summed E-state index contributed by atoms with van der Waals surface area (Å²) in [6.07, 6.45) is 1.46. The summed E-state index contributed by atoms with van der Waals surface area (Å²) in [5, 5.41) is 2.23. The number of aromatic nitrogens is 1. The van der Waals surface area contributed by atoms with Crippen LogP contribution in [0.2, 0.25) is 0 Å². The van der Waals surface area contributed by atoms with E-state index < -0.39 is 23.8 Å². The third-order valence-corrected chi connectivity index (χ3v) is 6.44. The lowest BCUT2D eigenvalue weighted by Gasteiger charge is -2.26. The molecule has 10 nitrogen and oxygen atoms in total. The van der Waals surface area contributed by atoms with Gasteiger partial charge in [-0.05, 0) is 68.3 Å². The number of methoxy groups -OCH3 is 1. The Morgan fingerprint density at radius 2 is 1.78 bits per heavy atom. The molecule has 2 aliphatic heterocycles. The second kappa shape index (κ2) is 8.98. The van der Waals surface area contributed by atoms with Gasteiger partial charge >= 0.3 is 12.0 Å². The Kier molecular flexibility index (Phi) is 5.79. The summed E-state index contributed by atoms with van der Waals surface area (Å²) in [6.45, 7) is 5.59. The van der Waals surface area contributed by atoms with E-state index in [-0.39, 0.29) is 18.1 Å². The van der Waals surface area contributed by atoms with Gasteiger partial charge in [0.15, 0.2) is 11.5 Å². The number of nitrogens with zero attached hydrogens (tertiary/aromatic N) is 2. The Hall–Kier alpha value is -4.86. The van der Waals surface area contributed by atoms with E-state index >= 15 is 0 Å². The van der Waals surface area contributed by atoms with Crippen molar-refractivity contribution < 1.29 is 33.4 Å². The molecule has 37 heavy (non-hydrogen) atoms. The fraction of sp³-hybridized carbons (Fsp3) is 0.185. The lowest BCUT2D eigenvalue weighted by Crippen LogP contribution is -2.54. The third kappa shape index (κ3) is 3.92. The number of amides is 4. The monoisotopic (exact) mass is 501 g/mol. The molecule has 0 atom stereocenters. The molecule has 2 aliphatic rings. The Morgan fingerprint density at radius 3 is 2.54 bits per heavy atom. The van der Waals surface area contributed by atoms with E-state index in [1.807, 2.05) is 37.5 Å². The third-order valence-electron chi connectivity index (χ3n) is 6.44. The average Bonchev–Trinajstić information content (AvgIpc) is 3.44. The number of nitrogens with one attached hydrogen (secondary N) is 1. The van der Waals surface area contributed by atoms with Crippen molar-refractivity contribution >= 4 is 35.6 Å². The van der Waals surface area contributed by atoms with Crippen LogP contribution in [0.3, 0.4) is 0 Å². The van der Waals surface area contributed by atoms with Crippen LogP contribution in [0.25, 0.3) is 11.8 Å². The van der Waals surface area contributed by atoms with Crippen LogP contribution < -0.4 is 19.7 Å². The van der Waals surface area contributed by atoms with Crippen LogP contribution in [0.4, 0.5) is 10.5 Å². The first-order valence-corrected chi connectivity index (χ1v) is 11.4. The number of ether oxygens (including phenoxy) is 3. The Morgan fingerprint density at radius 1 is 1.03 bits per heavy atom. The molecule has 0 saturated carbocycles. The maximum Gasteiger partial charge on any atom is 0.338 e. The minimum Gasteiger partial charge on any atom is -0.465 e. The summed E-state index contributed by atoms with van der Waals surface area (Å²) >= 11 is 0. The highest BCUT2D eigenvalue weighted by Gasteiger charge is 2.37. The van der Waals surface area contributed by atoms with Crippen molar-refractivity contribution in [3.05, 3.63) is 76.1 Å². The van der Waals surface area contributed by atoms with Crippen molar-refractivity contribution in [2.45, 2.75) is 20.8 Å². The van der Waals surface area contributed by atoms with Crippen LogP contribution in [0.5, 0.6) is 11.5 Å². The number of aryl methyl sites for hydroxylation is 1. The molecular formula is C27H23N3O7. The van der Waals surface area contributed by atoms with Gasteiger partial charge < -0.3 is 18.8 Å². The maximum absolute atomic E-state index is 13.4. The van der Waals surface area contributed by atoms with E-state index in [0.29, 0.717) is 22.6 Å². The first-order chi connectivity index (χ1) is 17.7. The number of hydrogen-bond acceptors (Lipinski definition) is 7. The number of hydrogen-bond donors (Lipinski definition) is 1. The van der Waals surface area contributed by atoms with Crippen molar-refractivity contribution in [1.82, 2.24) is 9.88 Å². The molecule has 3 heterocycles. The van der Waals surface area contributed by atoms with E-state index in [9.17, 15) is 19.2 Å². The predicted molar refractivity (Wildman–Crippen MR) is 133 cm³/mol. The molecular weight excluding hydrogens is 478 g/mol. The Balaban J connectivity index is 1.55. The quantitative estimate of drug-likeness (QED) is 0.330. The van der Waals surface area contributed by atoms with Crippen molar-refractivity contribution in [3.8, 4) is 17.2 Å². The lowest BCUT2D eigenvalue weighted by molar-refractivity contribution is -0.122. The fourth-order valence-electron chi connectivity index (χ4n) is 4.57. The zero-order chi connectivity index (χ0) is 26.4. The number of carbonyl (C=O) groups is 4. The number of imide groups is 2. The van der Waals surface area contributed by atoms with Crippen molar-refractivity contribution in [3.63, 3.8) is 0 Å². The summed E-state index contributed by atoms with van der Waals surface area (Å²) in [6, 6.07) is 10.9. The number of urea groups is 1. The molecule has 1 N–H and O–H groups in total. The number of barbiturate groups is 1. The Bertz CT molecular complexity index is 1530. The average molecular weight is 501 g/mol. The summed E-state index contributed by atoms with van der Waals surface area (Å²) in [4.78, 5) is 51.8. The summed E-state index contributed by atoms with van der Waals surface area (Å²) in [5.41, 5.74) is 4.14. The molecule has 3 aromatic rings. The smallest absolute Gasteiger partial charge is 0.338 e. The van der Waals surface area contributed by atoms with Gasteiger partial charge in [0, 0.05) is 23.1 Å². The number of anilines is 1. The van der Waals surface area contributed by atoms with Gasteiger partial charge in [0.05, 0.1) is 18.4 Å². The standard InChI is InChI=1S/C27H23N3O7/c1-14-10-17(16(3)29(14)21-7-5-6-19(15(21)2)26(33)35-4)11-20-24(31)28-27(34)30(25(20)32)18-8-9-22-23(12-18)37-13-36-22/h5-12H,13H2,1-4H3,(H,28,31,34)/b20-11+. The molecule has 0 bridgehead atoms. The second-order valence-corrected chi connectivity index (χ2v) is 8.60. The van der Waals surface area contributed by atoms with Gasteiger partial charge in [-0.15, -0.1) is 0 Å². The zero-order valence-electron chi connectivity index (χ0n) is 20.6. The highest BCUT2D eigenvalue weighted by molar-refractivity contribution is 6.39. The normalized spacial score (nSPS) is 15.8. The van der Waals surface area contributed by atoms with Crippen LogP contribution in [-0.2, 0) is 14.3 Å². The van der Waals surface area contributed by atoms with Gasteiger partial charge in [-0.25, -0.2) is 14.5 Å². The minimum atomic E-state index is -0.855. The van der Waals surface area contributed by atoms with E-state index in [1.54, 1.807) is 24.3 Å². The fourth-order valence-corrected chi connectivity index (χ4v) is 4.57. The Labute approximate surface area is 212 Å². The molecule has 0 radical (unpaired) electrons. The topological polar surface area (TPSA) is 116 Å². The van der Waals surface area contributed by atoms with Crippen LogP contribution in [0.15, 0.2) is 48.0 Å². The van der Waals surface area contributed by atoms with Gasteiger partial charge in [0.1, 0.15) is 5.57 Å². The lowest BCUT2D eigenvalue weighted by atomic mass is 10.1. The summed E-state index contributed by atoms with van der Waals surface area (Å²) < 4.78 is 17.5. The molecule has 188 valence electrons. The molecule has 1 aromatic heterocycles. The van der Waals surface area contributed by atoms with Gasteiger partial charge in [0.2, 0.25) is 6.79 Å². The highest BCUT2D eigenvalue weighted by atomic mass is 16.7. The number of rotatable bonds is 4. The molecule has 5 rings (SSSR count). The van der Waals surface area contributed by atoms with E-state index in [2.05, 4.69) is 5.32 Å². The van der Waals surface area contributed by atoms with Crippen LogP contribution >= 0.6 is 0 Å². The minimum absolute atomic E-state index is 0.0419. The van der Waals surface area contributed by atoms with Crippen LogP contribution in [-0.4, -0.2) is 42.3 Å². The van der Waals surface area contributed by atoms with Crippen molar-refractivity contribution in [2.24, 2.45) is 0 Å². The molecule has 0 aliphatic carbocycles. The second-order valence-electron chi connectivity index (χ2n) is 8.60. The van der Waals surface area contributed by atoms with Crippen LogP contribution in [0.1, 0.15) is 32.9 Å². The van der Waals surface area contributed by atoms with E-state index in [0.717, 1.165) is 27.5 Å². The number of esters is 1. The van der Waals surface area contributed by atoms with Crippen LogP contribution in [0, 0.1) is 20.8 Å². The predicted octanol–water partition coefficient (Wildman–Crippen LogP) is 3.58. The molecule has 0 unspecified atom stereocenters. The molecule has 1 saturated heterocycles. The number of carbonyl (C=O) groups excluding carboxylic acids is 4. The highest BCUT2D eigenvalue weighted by Crippen LogP contribution is 2.36. The molecule has 0 spiro atoms. The zero-order valence-corrected chi connectivity index (χ0v) is 20.6. The summed E-state index contributed by atoms with van der Waals surface area (Å²) in [7, 11) is 1.33. The molecule has 2 aromatic carbocycles. The number of fused-ring (bicyclic) bond motifs is 1. The van der Waals surface area contributed by atoms with Crippen molar-refractivity contribution in [2.75, 3.05) is 18.8 Å². The maximum atomic E-state index is 13.4. The van der Waals surface area contributed by atoms with Gasteiger partial charge in [-0.1, -0.05) is 6.07 Å². The summed E-state index contributed by atoms with van der Waals surface area (Å²) in [5.74, 6) is -1.10. The molecule has 10 heteroatoms. The van der Waals surface area contributed by atoms with Crippen molar-refractivity contribution in [1.29, 1.82) is 0 Å². The van der Waals surface area contributed by atoms with Gasteiger partial charge in [-0.3, -0.25) is 14.9 Å².